The Labute approximate surface area is 132 Å². The lowest BCUT2D eigenvalue weighted by molar-refractivity contribution is -0.136. The van der Waals surface area contributed by atoms with Crippen molar-refractivity contribution in [3.63, 3.8) is 0 Å². The predicted molar refractivity (Wildman–Crippen MR) is 83.8 cm³/mol. The third-order valence-electron chi connectivity index (χ3n) is 2.82. The number of nitrogens with zero attached hydrogens (tertiary/aromatic N) is 1. The average Bonchev–Trinajstić information content (AvgIpc) is 2.57. The van der Waals surface area contributed by atoms with Crippen LogP contribution in [0.1, 0.15) is 5.56 Å². The van der Waals surface area contributed by atoms with Crippen LogP contribution in [0.15, 0.2) is 53.6 Å². The number of carbonyl (C=O) groups excluding carboxylic acids is 2. The van der Waals surface area contributed by atoms with Crippen LogP contribution in [0.2, 0.25) is 0 Å². The molecule has 0 heterocycles. The van der Waals surface area contributed by atoms with Crippen molar-refractivity contribution in [3.8, 4) is 5.75 Å². The van der Waals surface area contributed by atoms with Gasteiger partial charge in [0.1, 0.15) is 11.6 Å². The van der Waals surface area contributed by atoms with Gasteiger partial charge >= 0.3 is 11.8 Å². The number of para-hydroxylation sites is 1. The Hall–Kier alpha value is -3.22. The molecule has 2 N–H and O–H groups in total. The summed E-state index contributed by atoms with van der Waals surface area (Å²) in [6.45, 7) is 0. The summed E-state index contributed by atoms with van der Waals surface area (Å²) in [6.07, 6.45) is 1.37. The fourth-order valence-corrected chi connectivity index (χ4v) is 1.65. The Morgan fingerprint density at radius 3 is 2.43 bits per heavy atom. The molecule has 118 valence electrons. The highest BCUT2D eigenvalue weighted by Crippen LogP contribution is 2.12. The summed E-state index contributed by atoms with van der Waals surface area (Å²) in [4.78, 5) is 23.2. The lowest BCUT2D eigenvalue weighted by Crippen LogP contribution is -2.32. The number of carbonyl (C=O) groups is 2. The largest absolute Gasteiger partial charge is 0.497 e. The van der Waals surface area contributed by atoms with E-state index < -0.39 is 17.6 Å². The Morgan fingerprint density at radius 2 is 1.78 bits per heavy atom. The molecule has 0 radical (unpaired) electrons. The molecule has 0 aliphatic rings. The number of methoxy groups -OCH3 is 1. The van der Waals surface area contributed by atoms with Crippen LogP contribution in [0.5, 0.6) is 5.75 Å². The smallest absolute Gasteiger partial charge is 0.329 e. The molecule has 0 spiro atoms. The minimum atomic E-state index is -1.01. The summed E-state index contributed by atoms with van der Waals surface area (Å²) in [5.74, 6) is -1.95. The standard InChI is InChI=1S/C16H14FN3O3/c1-23-12-8-6-11(7-9-12)10-18-20-16(22)15(21)19-14-5-3-2-4-13(14)17/h2-10H,1H3,(H,19,21)(H,20,22)/b18-10+. The predicted octanol–water partition coefficient (Wildman–Crippen LogP) is 1.92. The van der Waals surface area contributed by atoms with Crippen molar-refractivity contribution in [3.05, 3.63) is 59.9 Å². The summed E-state index contributed by atoms with van der Waals surface area (Å²) in [5, 5.41) is 5.82. The molecule has 7 heteroatoms. The average molecular weight is 315 g/mol. The first-order valence-electron chi connectivity index (χ1n) is 6.63. The summed E-state index contributed by atoms with van der Waals surface area (Å²) in [7, 11) is 1.55. The number of hydrogen-bond acceptors (Lipinski definition) is 4. The van der Waals surface area contributed by atoms with Gasteiger partial charge in [-0.1, -0.05) is 12.1 Å². The van der Waals surface area contributed by atoms with Crippen LogP contribution in [0.25, 0.3) is 0 Å². The van der Waals surface area contributed by atoms with Crippen molar-refractivity contribution in [1.29, 1.82) is 0 Å². The molecule has 2 amide bonds. The van der Waals surface area contributed by atoms with Gasteiger partial charge in [-0.3, -0.25) is 9.59 Å². The molecule has 2 aromatic carbocycles. The number of amides is 2. The van der Waals surface area contributed by atoms with E-state index in [1.807, 2.05) is 0 Å². The maximum Gasteiger partial charge on any atom is 0.329 e. The Morgan fingerprint density at radius 1 is 1.09 bits per heavy atom. The first-order valence-corrected chi connectivity index (χ1v) is 6.63. The summed E-state index contributed by atoms with van der Waals surface area (Å²) in [5.41, 5.74) is 2.70. The van der Waals surface area contributed by atoms with Crippen LogP contribution in [0.4, 0.5) is 10.1 Å². The fourth-order valence-electron chi connectivity index (χ4n) is 1.65. The Bertz CT molecular complexity index is 730. The van der Waals surface area contributed by atoms with E-state index >= 15 is 0 Å². The van der Waals surface area contributed by atoms with E-state index in [1.165, 1.54) is 24.4 Å². The van der Waals surface area contributed by atoms with Gasteiger partial charge in [-0.2, -0.15) is 5.10 Å². The number of ether oxygens (including phenoxy) is 1. The van der Waals surface area contributed by atoms with Gasteiger partial charge < -0.3 is 10.1 Å². The molecule has 6 nitrogen and oxygen atoms in total. The van der Waals surface area contributed by atoms with Crippen molar-refractivity contribution in [1.82, 2.24) is 5.43 Å². The fraction of sp³-hybridized carbons (Fsp3) is 0.0625. The third-order valence-corrected chi connectivity index (χ3v) is 2.82. The van der Waals surface area contributed by atoms with Crippen LogP contribution in [-0.4, -0.2) is 25.1 Å². The zero-order valence-electron chi connectivity index (χ0n) is 12.2. The number of hydrogen-bond donors (Lipinski definition) is 2. The van der Waals surface area contributed by atoms with Crippen molar-refractivity contribution in [2.45, 2.75) is 0 Å². The van der Waals surface area contributed by atoms with E-state index in [4.69, 9.17) is 4.74 Å². The van der Waals surface area contributed by atoms with Gasteiger partial charge in [0.15, 0.2) is 0 Å². The highest BCUT2D eigenvalue weighted by molar-refractivity contribution is 6.39. The maximum atomic E-state index is 13.4. The second kappa shape index (κ2) is 7.69. The van der Waals surface area contributed by atoms with Crippen LogP contribution in [0, 0.1) is 5.82 Å². The number of anilines is 1. The van der Waals surface area contributed by atoms with Gasteiger partial charge in [0.2, 0.25) is 0 Å². The SMILES string of the molecule is COc1ccc(/C=N/NC(=O)C(=O)Nc2ccccc2F)cc1. The second-order valence-electron chi connectivity index (χ2n) is 4.41. The first kappa shape index (κ1) is 16.2. The van der Waals surface area contributed by atoms with Gasteiger partial charge in [-0.05, 0) is 42.0 Å². The highest BCUT2D eigenvalue weighted by atomic mass is 19.1. The minimum Gasteiger partial charge on any atom is -0.497 e. The molecule has 0 saturated heterocycles. The zero-order chi connectivity index (χ0) is 16.7. The van der Waals surface area contributed by atoms with Crippen LogP contribution >= 0.6 is 0 Å². The molecule has 0 aromatic heterocycles. The molecule has 0 unspecified atom stereocenters. The maximum absolute atomic E-state index is 13.4. The molecule has 2 rings (SSSR count). The molecule has 0 aliphatic heterocycles. The van der Waals surface area contributed by atoms with E-state index in [0.717, 1.165) is 0 Å². The topological polar surface area (TPSA) is 79.8 Å². The monoisotopic (exact) mass is 315 g/mol. The molecule has 0 aliphatic carbocycles. The quantitative estimate of drug-likeness (QED) is 0.514. The summed E-state index contributed by atoms with van der Waals surface area (Å²) >= 11 is 0. The van der Waals surface area contributed by atoms with E-state index in [9.17, 15) is 14.0 Å². The Balaban J connectivity index is 1.89. The molecule has 0 saturated carbocycles. The summed E-state index contributed by atoms with van der Waals surface area (Å²) in [6, 6.07) is 12.5. The van der Waals surface area contributed by atoms with E-state index in [-0.39, 0.29) is 5.69 Å². The lowest BCUT2D eigenvalue weighted by atomic mass is 10.2. The Kier molecular flexibility index (Phi) is 5.40. The first-order chi connectivity index (χ1) is 11.1. The normalized spacial score (nSPS) is 10.3. The number of rotatable bonds is 4. The number of benzene rings is 2. The van der Waals surface area contributed by atoms with Crippen molar-refractivity contribution >= 4 is 23.7 Å². The van der Waals surface area contributed by atoms with Gasteiger partial charge in [0.25, 0.3) is 0 Å². The molecular formula is C16H14FN3O3. The van der Waals surface area contributed by atoms with Crippen LogP contribution in [0.3, 0.4) is 0 Å². The van der Waals surface area contributed by atoms with Gasteiger partial charge in [0, 0.05) is 0 Å². The molecule has 23 heavy (non-hydrogen) atoms. The number of halogens is 1. The van der Waals surface area contributed by atoms with Gasteiger partial charge in [-0.25, -0.2) is 9.82 Å². The van der Waals surface area contributed by atoms with Crippen LogP contribution < -0.4 is 15.5 Å². The van der Waals surface area contributed by atoms with E-state index in [1.54, 1.807) is 37.4 Å². The van der Waals surface area contributed by atoms with Crippen LogP contribution in [-0.2, 0) is 9.59 Å². The van der Waals surface area contributed by atoms with Crippen molar-refractivity contribution in [2.75, 3.05) is 12.4 Å². The number of nitrogens with one attached hydrogen (secondary N) is 2. The third kappa shape index (κ3) is 4.63. The molecule has 0 bridgehead atoms. The van der Waals surface area contributed by atoms with Crippen molar-refractivity contribution in [2.24, 2.45) is 5.10 Å². The highest BCUT2D eigenvalue weighted by Gasteiger charge is 2.14. The van der Waals surface area contributed by atoms with E-state index in [2.05, 4.69) is 15.8 Å². The molecule has 0 atom stereocenters. The molecule has 2 aromatic rings. The molecular weight excluding hydrogens is 301 g/mol. The minimum absolute atomic E-state index is 0.0771. The zero-order valence-corrected chi connectivity index (χ0v) is 12.2. The van der Waals surface area contributed by atoms with Crippen molar-refractivity contribution < 1.29 is 18.7 Å². The van der Waals surface area contributed by atoms with Gasteiger partial charge in [-0.15, -0.1) is 0 Å². The summed E-state index contributed by atoms with van der Waals surface area (Å²) < 4.78 is 18.4. The number of hydrazone groups is 1. The second-order valence-corrected chi connectivity index (χ2v) is 4.41. The molecule has 0 fully saturated rings. The van der Waals surface area contributed by atoms with E-state index in [0.29, 0.717) is 11.3 Å². The lowest BCUT2D eigenvalue weighted by Gasteiger charge is -2.04. The van der Waals surface area contributed by atoms with Gasteiger partial charge in [0.05, 0.1) is 19.0 Å².